The molecule has 0 spiro atoms. The number of carbonyl (C=O) groups is 2. The Kier molecular flexibility index (Phi) is 3.84. The number of hydrogen-bond donors (Lipinski definition) is 1. The quantitative estimate of drug-likeness (QED) is 0.938. The van der Waals surface area contributed by atoms with Crippen molar-refractivity contribution >= 4 is 11.8 Å². The first-order chi connectivity index (χ1) is 11.7. The number of benzene rings is 1. The molecule has 0 bridgehead atoms. The van der Waals surface area contributed by atoms with Crippen molar-refractivity contribution in [2.24, 2.45) is 0 Å². The van der Waals surface area contributed by atoms with E-state index >= 15 is 0 Å². The van der Waals surface area contributed by atoms with Crippen molar-refractivity contribution in [1.29, 1.82) is 0 Å². The Hall–Kier alpha value is -2.56. The summed E-state index contributed by atoms with van der Waals surface area (Å²) in [7, 11) is 0. The molecule has 24 heavy (non-hydrogen) atoms. The molecule has 1 aromatic heterocycles. The van der Waals surface area contributed by atoms with Crippen LogP contribution in [0.3, 0.4) is 0 Å². The molecule has 2 aliphatic rings. The standard InChI is InChI=1S/C19H20N2O3/c22-18(17-15-7-3-5-14(15)12-24-17)20-9-11-21-10-8-13-4-1-2-6-16(13)19(21)23/h1-2,4,6,12H,3,5,7-11H2,(H,20,22). The molecule has 124 valence electrons. The monoisotopic (exact) mass is 324 g/mol. The van der Waals surface area contributed by atoms with E-state index in [2.05, 4.69) is 5.32 Å². The molecule has 0 saturated heterocycles. The van der Waals surface area contributed by atoms with Crippen LogP contribution >= 0.6 is 0 Å². The highest BCUT2D eigenvalue weighted by molar-refractivity contribution is 5.97. The molecular formula is C19H20N2O3. The Labute approximate surface area is 140 Å². The molecule has 2 aromatic rings. The molecule has 1 aromatic carbocycles. The van der Waals surface area contributed by atoms with Crippen molar-refractivity contribution in [1.82, 2.24) is 10.2 Å². The fraction of sp³-hybridized carbons (Fsp3) is 0.368. The molecule has 0 atom stereocenters. The van der Waals surface area contributed by atoms with Crippen LogP contribution < -0.4 is 5.32 Å². The van der Waals surface area contributed by atoms with Gasteiger partial charge < -0.3 is 14.6 Å². The Balaban J connectivity index is 1.35. The van der Waals surface area contributed by atoms with Crippen LogP contribution in [0.15, 0.2) is 34.9 Å². The number of nitrogens with one attached hydrogen (secondary N) is 1. The van der Waals surface area contributed by atoms with Gasteiger partial charge in [-0.15, -0.1) is 0 Å². The molecular weight excluding hydrogens is 304 g/mol. The van der Waals surface area contributed by atoms with Gasteiger partial charge in [-0.3, -0.25) is 9.59 Å². The van der Waals surface area contributed by atoms with E-state index in [4.69, 9.17) is 4.42 Å². The van der Waals surface area contributed by atoms with Gasteiger partial charge in [0.15, 0.2) is 5.76 Å². The molecule has 5 heteroatoms. The minimum atomic E-state index is -0.178. The van der Waals surface area contributed by atoms with Gasteiger partial charge in [0, 0.05) is 30.8 Å². The van der Waals surface area contributed by atoms with Crippen LogP contribution in [0, 0.1) is 0 Å². The average molecular weight is 324 g/mol. The van der Waals surface area contributed by atoms with Crippen LogP contribution in [0.2, 0.25) is 0 Å². The van der Waals surface area contributed by atoms with E-state index in [-0.39, 0.29) is 11.8 Å². The van der Waals surface area contributed by atoms with E-state index in [9.17, 15) is 9.59 Å². The molecule has 4 rings (SSSR count). The minimum Gasteiger partial charge on any atom is -0.459 e. The Morgan fingerprint density at radius 1 is 1.17 bits per heavy atom. The molecule has 2 heterocycles. The maximum absolute atomic E-state index is 12.5. The zero-order chi connectivity index (χ0) is 16.5. The summed E-state index contributed by atoms with van der Waals surface area (Å²) < 4.78 is 5.42. The van der Waals surface area contributed by atoms with Gasteiger partial charge >= 0.3 is 0 Å². The van der Waals surface area contributed by atoms with Crippen molar-refractivity contribution in [3.05, 3.63) is 58.5 Å². The molecule has 1 N–H and O–H groups in total. The summed E-state index contributed by atoms with van der Waals surface area (Å²) in [4.78, 5) is 26.5. The third-order valence-corrected chi connectivity index (χ3v) is 4.91. The first kappa shape index (κ1) is 15.0. The van der Waals surface area contributed by atoms with Gasteiger partial charge in [0.25, 0.3) is 11.8 Å². The average Bonchev–Trinajstić information content (AvgIpc) is 3.20. The van der Waals surface area contributed by atoms with Gasteiger partial charge in [-0.25, -0.2) is 0 Å². The third-order valence-electron chi connectivity index (χ3n) is 4.91. The highest BCUT2D eigenvalue weighted by atomic mass is 16.3. The van der Waals surface area contributed by atoms with Gasteiger partial charge in [0.05, 0.1) is 6.26 Å². The smallest absolute Gasteiger partial charge is 0.287 e. The number of hydrogen-bond acceptors (Lipinski definition) is 3. The van der Waals surface area contributed by atoms with Crippen LogP contribution in [0.5, 0.6) is 0 Å². The van der Waals surface area contributed by atoms with Gasteiger partial charge in [0.1, 0.15) is 0 Å². The number of amides is 2. The third kappa shape index (κ3) is 2.60. The molecule has 2 amide bonds. The second-order valence-corrected chi connectivity index (χ2v) is 6.38. The van der Waals surface area contributed by atoms with Gasteiger partial charge in [-0.05, 0) is 42.9 Å². The fourth-order valence-corrected chi connectivity index (χ4v) is 3.62. The zero-order valence-electron chi connectivity index (χ0n) is 13.5. The predicted molar refractivity (Wildman–Crippen MR) is 89.1 cm³/mol. The summed E-state index contributed by atoms with van der Waals surface area (Å²) in [6.07, 6.45) is 5.55. The second-order valence-electron chi connectivity index (χ2n) is 6.38. The second kappa shape index (κ2) is 6.15. The van der Waals surface area contributed by atoms with Crippen molar-refractivity contribution in [3.8, 4) is 0 Å². The number of carbonyl (C=O) groups excluding carboxylic acids is 2. The van der Waals surface area contributed by atoms with Crippen LogP contribution in [-0.4, -0.2) is 36.3 Å². The van der Waals surface area contributed by atoms with E-state index in [1.54, 1.807) is 11.2 Å². The van der Waals surface area contributed by atoms with Gasteiger partial charge in [-0.2, -0.15) is 0 Å². The van der Waals surface area contributed by atoms with E-state index in [1.807, 2.05) is 24.3 Å². The lowest BCUT2D eigenvalue weighted by molar-refractivity contribution is 0.0732. The highest BCUT2D eigenvalue weighted by Gasteiger charge is 2.25. The highest BCUT2D eigenvalue weighted by Crippen LogP contribution is 2.27. The summed E-state index contributed by atoms with van der Waals surface area (Å²) in [5.41, 5.74) is 4.09. The number of furan rings is 1. The summed E-state index contributed by atoms with van der Waals surface area (Å²) in [6.45, 7) is 1.64. The topological polar surface area (TPSA) is 62.6 Å². The van der Waals surface area contributed by atoms with Crippen molar-refractivity contribution in [2.45, 2.75) is 25.7 Å². The Morgan fingerprint density at radius 3 is 2.96 bits per heavy atom. The summed E-state index contributed by atoms with van der Waals surface area (Å²) in [5, 5.41) is 2.88. The number of nitrogens with zero attached hydrogens (tertiary/aromatic N) is 1. The first-order valence-corrected chi connectivity index (χ1v) is 8.48. The molecule has 0 fully saturated rings. The molecule has 0 saturated carbocycles. The normalized spacial score (nSPS) is 16.0. The molecule has 0 radical (unpaired) electrons. The fourth-order valence-electron chi connectivity index (χ4n) is 3.62. The SMILES string of the molecule is O=C(NCCN1CCc2ccccc2C1=O)c1occ2c1CCC2. The number of aryl methyl sites for hydroxylation is 1. The van der Waals surface area contributed by atoms with Crippen LogP contribution in [-0.2, 0) is 19.3 Å². The number of fused-ring (bicyclic) bond motifs is 2. The van der Waals surface area contributed by atoms with Gasteiger partial charge in [0.2, 0.25) is 0 Å². The summed E-state index contributed by atoms with van der Waals surface area (Å²) in [5.74, 6) is 0.311. The number of rotatable bonds is 4. The maximum Gasteiger partial charge on any atom is 0.287 e. The Morgan fingerprint density at radius 2 is 2.04 bits per heavy atom. The van der Waals surface area contributed by atoms with Crippen molar-refractivity contribution in [3.63, 3.8) is 0 Å². The van der Waals surface area contributed by atoms with Crippen molar-refractivity contribution in [2.75, 3.05) is 19.6 Å². The van der Waals surface area contributed by atoms with Gasteiger partial charge in [-0.1, -0.05) is 18.2 Å². The van der Waals surface area contributed by atoms with Crippen LogP contribution in [0.1, 0.15) is 44.0 Å². The predicted octanol–water partition coefficient (Wildman–Crippen LogP) is 2.20. The molecule has 5 nitrogen and oxygen atoms in total. The molecule has 1 aliphatic heterocycles. The van der Waals surface area contributed by atoms with E-state index < -0.39 is 0 Å². The maximum atomic E-state index is 12.5. The van der Waals surface area contributed by atoms with Crippen LogP contribution in [0.4, 0.5) is 0 Å². The molecule has 1 aliphatic carbocycles. The lowest BCUT2D eigenvalue weighted by atomic mass is 9.99. The van der Waals surface area contributed by atoms with E-state index in [0.717, 1.165) is 47.9 Å². The largest absolute Gasteiger partial charge is 0.459 e. The Bertz CT molecular complexity index is 794. The zero-order valence-corrected chi connectivity index (χ0v) is 13.5. The van der Waals surface area contributed by atoms with Crippen molar-refractivity contribution < 1.29 is 14.0 Å². The summed E-state index contributed by atoms with van der Waals surface area (Å²) >= 11 is 0. The lowest BCUT2D eigenvalue weighted by Gasteiger charge is -2.28. The minimum absolute atomic E-state index is 0.0463. The lowest BCUT2D eigenvalue weighted by Crippen LogP contribution is -2.42. The summed E-state index contributed by atoms with van der Waals surface area (Å²) in [6, 6.07) is 7.72. The van der Waals surface area contributed by atoms with E-state index in [0.29, 0.717) is 25.4 Å². The molecule has 0 unspecified atom stereocenters. The van der Waals surface area contributed by atoms with E-state index in [1.165, 1.54) is 0 Å². The first-order valence-electron chi connectivity index (χ1n) is 8.48. The van der Waals surface area contributed by atoms with Crippen LogP contribution in [0.25, 0.3) is 0 Å².